The highest BCUT2D eigenvalue weighted by Gasteiger charge is 2.02. The highest BCUT2D eigenvalue weighted by molar-refractivity contribution is 5.79. The molecule has 5 nitrogen and oxygen atoms in total. The monoisotopic (exact) mass is 218 g/mol. The quantitative estimate of drug-likeness (QED) is 0.747. The molecule has 84 valence electrons. The second-order valence-electron chi connectivity index (χ2n) is 3.67. The summed E-state index contributed by atoms with van der Waals surface area (Å²) >= 11 is 0. The van der Waals surface area contributed by atoms with Gasteiger partial charge in [-0.25, -0.2) is 4.98 Å². The van der Waals surface area contributed by atoms with Gasteiger partial charge in [0.25, 0.3) is 0 Å². The summed E-state index contributed by atoms with van der Waals surface area (Å²) in [6.45, 7) is 2.82. The number of aromatic nitrogens is 2. The van der Waals surface area contributed by atoms with Crippen molar-refractivity contribution in [3.05, 3.63) is 24.5 Å². The molecule has 1 aromatic heterocycles. The molecule has 3 N–H and O–H groups in total. The van der Waals surface area contributed by atoms with Gasteiger partial charge in [-0.15, -0.1) is 0 Å². The summed E-state index contributed by atoms with van der Waals surface area (Å²) in [7, 11) is 0. The lowest BCUT2D eigenvalue weighted by atomic mass is 10.3. The number of carbonyl (C=O) groups excluding carboxylic acids is 1. The van der Waals surface area contributed by atoms with Crippen LogP contribution in [0.1, 0.15) is 6.92 Å². The van der Waals surface area contributed by atoms with E-state index in [0.717, 1.165) is 11.0 Å². The molecular formula is C11H14N4O. The Kier molecular flexibility index (Phi) is 2.76. The number of rotatable bonds is 3. The Balaban J connectivity index is 2.15. The van der Waals surface area contributed by atoms with Crippen LogP contribution < -0.4 is 11.1 Å². The number of nitrogens with two attached hydrogens (primary N) is 1. The largest absolute Gasteiger partial charge is 0.399 e. The van der Waals surface area contributed by atoms with Crippen molar-refractivity contribution >= 4 is 22.6 Å². The van der Waals surface area contributed by atoms with E-state index in [9.17, 15) is 4.79 Å². The maximum atomic E-state index is 10.7. The van der Waals surface area contributed by atoms with Gasteiger partial charge in [0.15, 0.2) is 0 Å². The first-order valence-electron chi connectivity index (χ1n) is 5.11. The van der Waals surface area contributed by atoms with Crippen LogP contribution >= 0.6 is 0 Å². The van der Waals surface area contributed by atoms with Crippen molar-refractivity contribution in [3.63, 3.8) is 0 Å². The number of imidazole rings is 1. The molecule has 0 spiro atoms. The third kappa shape index (κ3) is 2.13. The van der Waals surface area contributed by atoms with Crippen LogP contribution in [-0.2, 0) is 11.3 Å². The number of fused-ring (bicyclic) bond motifs is 1. The molecule has 0 saturated carbocycles. The van der Waals surface area contributed by atoms with Crippen molar-refractivity contribution in [3.8, 4) is 0 Å². The minimum absolute atomic E-state index is 0.0198. The molecule has 0 aliphatic heterocycles. The van der Waals surface area contributed by atoms with Crippen LogP contribution in [-0.4, -0.2) is 22.0 Å². The number of amides is 1. The molecule has 1 aromatic carbocycles. The van der Waals surface area contributed by atoms with E-state index < -0.39 is 0 Å². The van der Waals surface area contributed by atoms with Gasteiger partial charge >= 0.3 is 0 Å². The van der Waals surface area contributed by atoms with E-state index in [1.165, 1.54) is 6.92 Å². The molecule has 0 unspecified atom stereocenters. The molecule has 0 aliphatic carbocycles. The minimum Gasteiger partial charge on any atom is -0.399 e. The molecule has 1 amide bonds. The summed E-state index contributed by atoms with van der Waals surface area (Å²) < 4.78 is 1.99. The van der Waals surface area contributed by atoms with Gasteiger partial charge in [-0.3, -0.25) is 4.79 Å². The lowest BCUT2D eigenvalue weighted by Crippen LogP contribution is -2.24. The molecule has 0 bridgehead atoms. The second kappa shape index (κ2) is 4.22. The van der Waals surface area contributed by atoms with Crippen molar-refractivity contribution in [2.45, 2.75) is 13.5 Å². The van der Waals surface area contributed by atoms with Crippen molar-refractivity contribution in [1.82, 2.24) is 14.9 Å². The number of nitrogens with one attached hydrogen (secondary N) is 1. The highest BCUT2D eigenvalue weighted by atomic mass is 16.1. The summed E-state index contributed by atoms with van der Waals surface area (Å²) in [4.78, 5) is 15.0. The molecule has 0 radical (unpaired) electrons. The van der Waals surface area contributed by atoms with Crippen molar-refractivity contribution in [1.29, 1.82) is 0 Å². The van der Waals surface area contributed by atoms with Gasteiger partial charge in [0, 0.05) is 25.7 Å². The molecule has 2 aromatic rings. The average Bonchev–Trinajstić information content (AvgIpc) is 2.60. The number of nitrogens with zero attached hydrogens (tertiary/aromatic N) is 2. The molecule has 5 heteroatoms. The van der Waals surface area contributed by atoms with E-state index in [1.54, 1.807) is 6.33 Å². The van der Waals surface area contributed by atoms with Crippen molar-refractivity contribution in [2.24, 2.45) is 0 Å². The number of carbonyl (C=O) groups is 1. The zero-order chi connectivity index (χ0) is 11.5. The van der Waals surface area contributed by atoms with Gasteiger partial charge in [0.2, 0.25) is 5.91 Å². The zero-order valence-corrected chi connectivity index (χ0v) is 9.10. The molecule has 1 heterocycles. The lowest BCUT2D eigenvalue weighted by molar-refractivity contribution is -0.118. The van der Waals surface area contributed by atoms with E-state index in [4.69, 9.17) is 5.73 Å². The van der Waals surface area contributed by atoms with E-state index in [0.29, 0.717) is 18.8 Å². The summed E-state index contributed by atoms with van der Waals surface area (Å²) in [5.74, 6) is -0.0198. The standard InChI is InChI=1S/C11H14N4O/c1-8(16)13-4-5-15-7-14-10-6-9(12)2-3-11(10)15/h2-3,6-7H,4-5,12H2,1H3,(H,13,16). The highest BCUT2D eigenvalue weighted by Crippen LogP contribution is 2.15. The lowest BCUT2D eigenvalue weighted by Gasteiger charge is -2.04. The predicted molar refractivity (Wildman–Crippen MR) is 62.8 cm³/mol. The Morgan fingerprint density at radius 3 is 3.12 bits per heavy atom. The van der Waals surface area contributed by atoms with Crippen LogP contribution in [0.3, 0.4) is 0 Å². The molecule has 0 fully saturated rings. The van der Waals surface area contributed by atoms with Crippen LogP contribution in [0.25, 0.3) is 11.0 Å². The van der Waals surface area contributed by atoms with Crippen LogP contribution in [0.2, 0.25) is 0 Å². The predicted octanol–water partition coefficient (Wildman–Crippen LogP) is 0.755. The Hall–Kier alpha value is -2.04. The first-order chi connectivity index (χ1) is 7.66. The summed E-state index contributed by atoms with van der Waals surface area (Å²) in [5.41, 5.74) is 8.28. The minimum atomic E-state index is -0.0198. The molecular weight excluding hydrogens is 204 g/mol. The Morgan fingerprint density at radius 2 is 2.38 bits per heavy atom. The zero-order valence-electron chi connectivity index (χ0n) is 9.10. The Labute approximate surface area is 93.3 Å². The maximum absolute atomic E-state index is 10.7. The molecule has 2 rings (SSSR count). The Bertz CT molecular complexity index is 518. The topological polar surface area (TPSA) is 72.9 Å². The van der Waals surface area contributed by atoms with Crippen molar-refractivity contribution in [2.75, 3.05) is 12.3 Å². The molecule has 16 heavy (non-hydrogen) atoms. The smallest absolute Gasteiger partial charge is 0.216 e. The Morgan fingerprint density at radius 1 is 1.56 bits per heavy atom. The number of hydrogen-bond acceptors (Lipinski definition) is 3. The fraction of sp³-hybridized carbons (Fsp3) is 0.273. The summed E-state index contributed by atoms with van der Waals surface area (Å²) in [5, 5.41) is 2.75. The summed E-state index contributed by atoms with van der Waals surface area (Å²) in [6, 6.07) is 5.62. The van der Waals surface area contributed by atoms with Crippen LogP contribution in [0, 0.1) is 0 Å². The second-order valence-corrected chi connectivity index (χ2v) is 3.67. The van der Waals surface area contributed by atoms with Crippen LogP contribution in [0.15, 0.2) is 24.5 Å². The normalized spacial score (nSPS) is 10.6. The number of hydrogen-bond donors (Lipinski definition) is 2. The van der Waals surface area contributed by atoms with Crippen LogP contribution in [0.4, 0.5) is 5.69 Å². The SMILES string of the molecule is CC(=O)NCCn1cnc2cc(N)ccc21. The van der Waals surface area contributed by atoms with E-state index in [-0.39, 0.29) is 5.91 Å². The van der Waals surface area contributed by atoms with E-state index in [2.05, 4.69) is 10.3 Å². The fourth-order valence-corrected chi connectivity index (χ4v) is 1.61. The van der Waals surface area contributed by atoms with Crippen LogP contribution in [0.5, 0.6) is 0 Å². The summed E-state index contributed by atoms with van der Waals surface area (Å²) in [6.07, 6.45) is 1.76. The fourth-order valence-electron chi connectivity index (χ4n) is 1.61. The van der Waals surface area contributed by atoms with Gasteiger partial charge < -0.3 is 15.6 Å². The third-order valence-corrected chi connectivity index (χ3v) is 2.37. The number of anilines is 1. The average molecular weight is 218 g/mol. The van der Waals surface area contributed by atoms with Crippen molar-refractivity contribution < 1.29 is 4.79 Å². The number of nitrogen functional groups attached to an aromatic ring is 1. The third-order valence-electron chi connectivity index (χ3n) is 2.37. The maximum Gasteiger partial charge on any atom is 0.216 e. The van der Waals surface area contributed by atoms with Gasteiger partial charge in [-0.1, -0.05) is 0 Å². The number of benzene rings is 1. The van der Waals surface area contributed by atoms with Gasteiger partial charge in [-0.2, -0.15) is 0 Å². The first-order valence-corrected chi connectivity index (χ1v) is 5.11. The first kappa shape index (κ1) is 10.5. The molecule has 0 aliphatic rings. The molecule has 0 saturated heterocycles. The van der Waals surface area contributed by atoms with E-state index >= 15 is 0 Å². The van der Waals surface area contributed by atoms with Gasteiger partial charge in [-0.05, 0) is 18.2 Å². The van der Waals surface area contributed by atoms with E-state index in [1.807, 2.05) is 22.8 Å². The molecule has 0 atom stereocenters. The van der Waals surface area contributed by atoms with Gasteiger partial charge in [0.1, 0.15) is 0 Å². The van der Waals surface area contributed by atoms with Gasteiger partial charge in [0.05, 0.1) is 17.4 Å².